The Bertz CT molecular complexity index is 787. The summed E-state index contributed by atoms with van der Waals surface area (Å²) in [5.41, 5.74) is 5.96. The zero-order chi connectivity index (χ0) is 17.9. The second-order valence-corrected chi connectivity index (χ2v) is 5.05. The van der Waals surface area contributed by atoms with Crippen LogP contribution in [0.5, 0.6) is 0 Å². The lowest BCUT2D eigenvalue weighted by Crippen LogP contribution is -2.16. The number of carbonyl (C=O) groups excluding carboxylic acids is 1. The predicted molar refractivity (Wildman–Crippen MR) is 80.8 cm³/mol. The quantitative estimate of drug-likeness (QED) is 0.896. The third-order valence-corrected chi connectivity index (χ3v) is 3.33. The maximum atomic E-state index is 12.5. The Kier molecular flexibility index (Phi) is 4.78. The van der Waals surface area contributed by atoms with Crippen molar-refractivity contribution >= 4 is 17.4 Å². The topological polar surface area (TPSA) is 96.7 Å². The van der Waals surface area contributed by atoms with Crippen molar-refractivity contribution in [3.8, 4) is 6.07 Å². The third-order valence-electron chi connectivity index (χ3n) is 3.33. The van der Waals surface area contributed by atoms with Crippen molar-refractivity contribution in [2.75, 3.05) is 11.1 Å². The Morgan fingerprint density at radius 3 is 2.50 bits per heavy atom. The van der Waals surface area contributed by atoms with Gasteiger partial charge in [-0.05, 0) is 31.2 Å². The van der Waals surface area contributed by atoms with Crippen molar-refractivity contribution in [2.45, 2.75) is 26.1 Å². The minimum Gasteiger partial charge on any atom is -0.383 e. The monoisotopic (exact) mass is 337 g/mol. The Morgan fingerprint density at radius 2 is 2.00 bits per heavy atom. The van der Waals surface area contributed by atoms with Gasteiger partial charge < -0.3 is 11.1 Å². The number of benzene rings is 1. The first-order chi connectivity index (χ1) is 11.2. The fraction of sp³-hybridized carbons (Fsp3) is 0.267. The molecule has 0 aliphatic heterocycles. The van der Waals surface area contributed by atoms with Crippen molar-refractivity contribution in [2.24, 2.45) is 0 Å². The van der Waals surface area contributed by atoms with Gasteiger partial charge >= 0.3 is 6.18 Å². The molecule has 1 amide bonds. The molecule has 0 atom stereocenters. The average molecular weight is 337 g/mol. The largest absolute Gasteiger partial charge is 0.416 e. The van der Waals surface area contributed by atoms with Gasteiger partial charge in [-0.3, -0.25) is 4.79 Å². The number of nitrogens with two attached hydrogens (primary N) is 1. The number of aromatic nitrogens is 2. The number of hydrogen-bond acceptors (Lipinski definition) is 4. The summed E-state index contributed by atoms with van der Waals surface area (Å²) in [4.78, 5) is 11.9. The molecule has 0 saturated heterocycles. The summed E-state index contributed by atoms with van der Waals surface area (Å²) >= 11 is 0. The van der Waals surface area contributed by atoms with Gasteiger partial charge in [0.2, 0.25) is 5.91 Å². The fourth-order valence-electron chi connectivity index (χ4n) is 2.08. The van der Waals surface area contributed by atoms with Crippen molar-refractivity contribution in [3.63, 3.8) is 0 Å². The number of nitrogens with zero attached hydrogens (tertiary/aromatic N) is 3. The van der Waals surface area contributed by atoms with Gasteiger partial charge in [0.15, 0.2) is 0 Å². The van der Waals surface area contributed by atoms with E-state index in [1.54, 1.807) is 6.92 Å². The van der Waals surface area contributed by atoms with E-state index in [0.717, 1.165) is 12.1 Å². The molecular weight excluding hydrogens is 323 g/mol. The van der Waals surface area contributed by atoms with Crippen LogP contribution in [0, 0.1) is 18.3 Å². The lowest BCUT2D eigenvalue weighted by atomic mass is 10.2. The van der Waals surface area contributed by atoms with E-state index in [0.29, 0.717) is 5.69 Å². The van der Waals surface area contributed by atoms with Crippen molar-refractivity contribution in [3.05, 3.63) is 41.1 Å². The van der Waals surface area contributed by atoms with Crippen LogP contribution in [0.3, 0.4) is 0 Å². The van der Waals surface area contributed by atoms with E-state index < -0.39 is 17.6 Å². The number of nitrogens with one attached hydrogen (secondary N) is 1. The Labute approximate surface area is 135 Å². The van der Waals surface area contributed by atoms with Gasteiger partial charge in [0, 0.05) is 12.1 Å². The number of alkyl halides is 3. The molecule has 1 aromatic carbocycles. The first kappa shape index (κ1) is 17.3. The number of rotatable bonds is 4. The molecule has 126 valence electrons. The zero-order valence-corrected chi connectivity index (χ0v) is 12.7. The normalized spacial score (nSPS) is 11.1. The molecule has 0 unspecified atom stereocenters. The standard InChI is InChI=1S/C15H14F3N5O/c1-9-12(8-19)14(20)23(22-9)7-6-13(24)21-11-4-2-10(3-5-11)15(16,17)18/h2-5H,6-7,20H2,1H3,(H,21,24). The molecule has 9 heteroatoms. The SMILES string of the molecule is Cc1nn(CCC(=O)Nc2ccc(C(F)(F)F)cc2)c(N)c1C#N. The Balaban J connectivity index is 1.96. The highest BCUT2D eigenvalue weighted by atomic mass is 19.4. The number of nitrogen functional groups attached to an aromatic ring is 1. The molecule has 0 aliphatic carbocycles. The highest BCUT2D eigenvalue weighted by Crippen LogP contribution is 2.29. The van der Waals surface area contributed by atoms with Crippen molar-refractivity contribution < 1.29 is 18.0 Å². The minimum absolute atomic E-state index is 0.0111. The van der Waals surface area contributed by atoms with Gasteiger partial charge in [-0.25, -0.2) is 4.68 Å². The number of amides is 1. The van der Waals surface area contributed by atoms with Gasteiger partial charge in [0.25, 0.3) is 0 Å². The number of hydrogen-bond donors (Lipinski definition) is 2. The molecule has 6 nitrogen and oxygen atoms in total. The third kappa shape index (κ3) is 3.84. The molecule has 0 fully saturated rings. The van der Waals surface area contributed by atoms with Gasteiger partial charge in [-0.15, -0.1) is 0 Å². The summed E-state index contributed by atoms with van der Waals surface area (Å²) in [5.74, 6) is -0.224. The smallest absolute Gasteiger partial charge is 0.383 e. The first-order valence-electron chi connectivity index (χ1n) is 6.92. The molecule has 1 aromatic heterocycles. The molecule has 1 heterocycles. The van der Waals surface area contributed by atoms with E-state index in [1.165, 1.54) is 16.8 Å². The number of anilines is 2. The maximum Gasteiger partial charge on any atom is 0.416 e. The van der Waals surface area contributed by atoms with E-state index in [4.69, 9.17) is 11.0 Å². The summed E-state index contributed by atoms with van der Waals surface area (Å²) < 4.78 is 38.7. The lowest BCUT2D eigenvalue weighted by Gasteiger charge is -2.09. The van der Waals surface area contributed by atoms with Crippen molar-refractivity contribution in [1.29, 1.82) is 5.26 Å². The number of nitriles is 1. The lowest BCUT2D eigenvalue weighted by molar-refractivity contribution is -0.137. The van der Waals surface area contributed by atoms with Crippen LogP contribution in [0.25, 0.3) is 0 Å². The molecule has 0 radical (unpaired) electrons. The van der Waals surface area contributed by atoms with E-state index in [-0.39, 0.29) is 30.0 Å². The summed E-state index contributed by atoms with van der Waals surface area (Å²) in [6, 6.07) is 6.08. The zero-order valence-electron chi connectivity index (χ0n) is 12.7. The van der Waals surface area contributed by atoms with Crippen LogP contribution in [0.2, 0.25) is 0 Å². The Morgan fingerprint density at radius 1 is 1.38 bits per heavy atom. The van der Waals surface area contributed by atoms with E-state index in [1.807, 2.05) is 6.07 Å². The second-order valence-electron chi connectivity index (χ2n) is 5.05. The van der Waals surface area contributed by atoms with Gasteiger partial charge in [-0.2, -0.15) is 23.5 Å². The number of aryl methyl sites for hydroxylation is 2. The predicted octanol–water partition coefficient (Wildman–Crippen LogP) is 2.69. The van der Waals surface area contributed by atoms with Crippen LogP contribution in [0.15, 0.2) is 24.3 Å². The summed E-state index contributed by atoms with van der Waals surface area (Å²) in [6.45, 7) is 1.79. The van der Waals surface area contributed by atoms with E-state index in [2.05, 4.69) is 10.4 Å². The minimum atomic E-state index is -4.42. The molecule has 0 saturated carbocycles. The molecular formula is C15H14F3N5O. The maximum absolute atomic E-state index is 12.5. The van der Waals surface area contributed by atoms with Gasteiger partial charge in [-0.1, -0.05) is 0 Å². The Hall–Kier alpha value is -3.02. The summed E-state index contributed by atoms with van der Waals surface area (Å²) in [6.07, 6.45) is -4.41. The van der Waals surface area contributed by atoms with Crippen LogP contribution in [-0.4, -0.2) is 15.7 Å². The first-order valence-corrected chi connectivity index (χ1v) is 6.92. The van der Waals surface area contributed by atoms with Crippen LogP contribution >= 0.6 is 0 Å². The number of halogens is 3. The molecule has 3 N–H and O–H groups in total. The fourth-order valence-corrected chi connectivity index (χ4v) is 2.08. The molecule has 0 spiro atoms. The van der Waals surface area contributed by atoms with Crippen LogP contribution in [0.4, 0.5) is 24.7 Å². The van der Waals surface area contributed by atoms with Crippen LogP contribution in [-0.2, 0) is 17.5 Å². The molecule has 0 bridgehead atoms. The van der Waals surface area contributed by atoms with Crippen molar-refractivity contribution in [1.82, 2.24) is 9.78 Å². The second kappa shape index (κ2) is 6.62. The van der Waals surface area contributed by atoms with E-state index in [9.17, 15) is 18.0 Å². The molecule has 2 rings (SSSR count). The van der Waals surface area contributed by atoms with Crippen LogP contribution in [0.1, 0.15) is 23.2 Å². The molecule has 2 aromatic rings. The van der Waals surface area contributed by atoms with Crippen LogP contribution < -0.4 is 11.1 Å². The average Bonchev–Trinajstić information content (AvgIpc) is 2.78. The summed E-state index contributed by atoms with van der Waals surface area (Å²) in [5, 5.41) is 15.5. The van der Waals surface area contributed by atoms with E-state index >= 15 is 0 Å². The molecule has 0 aliphatic rings. The van der Waals surface area contributed by atoms with Gasteiger partial charge in [0.1, 0.15) is 17.5 Å². The highest BCUT2D eigenvalue weighted by Gasteiger charge is 2.29. The number of carbonyl (C=O) groups is 1. The summed E-state index contributed by atoms with van der Waals surface area (Å²) in [7, 11) is 0. The highest BCUT2D eigenvalue weighted by molar-refractivity contribution is 5.90. The molecule has 24 heavy (non-hydrogen) atoms. The van der Waals surface area contributed by atoms with Gasteiger partial charge in [0.05, 0.1) is 17.8 Å².